The molecule has 4 rings (SSSR count). The number of nitrogens with zero attached hydrogens (tertiary/aromatic N) is 2. The van der Waals surface area contributed by atoms with Crippen molar-refractivity contribution < 1.29 is 4.74 Å². The van der Waals surface area contributed by atoms with E-state index in [4.69, 9.17) is 4.74 Å². The Bertz CT molecular complexity index is 1060. The summed E-state index contributed by atoms with van der Waals surface area (Å²) in [6.45, 7) is 7.11. The molecule has 0 amide bonds. The predicted molar refractivity (Wildman–Crippen MR) is 116 cm³/mol. The van der Waals surface area contributed by atoms with Gasteiger partial charge in [0, 0.05) is 11.6 Å². The first-order chi connectivity index (χ1) is 13.7. The van der Waals surface area contributed by atoms with Gasteiger partial charge in [0.15, 0.2) is 0 Å². The van der Waals surface area contributed by atoms with Gasteiger partial charge in [0.25, 0.3) is 0 Å². The average Bonchev–Trinajstić information content (AvgIpc) is 3.17. The standard InChI is InChI=1S/C25H26N2O/c1-4-19-6-8-20(9-7-19)18(3)21-10-15-25-24(16-21)26-17-27(25)22-11-13-23(14-12-22)28-5-2/h6-18H,4-5H2,1-3H3. The number of aryl methyl sites for hydroxylation is 1. The van der Waals surface area contributed by atoms with Crippen LogP contribution >= 0.6 is 0 Å². The molecule has 0 aliphatic rings. The van der Waals surface area contributed by atoms with Crippen LogP contribution in [-0.4, -0.2) is 16.2 Å². The van der Waals surface area contributed by atoms with Crippen molar-refractivity contribution in [2.45, 2.75) is 33.1 Å². The van der Waals surface area contributed by atoms with Crippen LogP contribution in [0, 0.1) is 0 Å². The van der Waals surface area contributed by atoms with Gasteiger partial charge in [-0.05, 0) is 66.4 Å². The fraction of sp³-hybridized carbons (Fsp3) is 0.240. The second kappa shape index (κ2) is 7.89. The van der Waals surface area contributed by atoms with Gasteiger partial charge >= 0.3 is 0 Å². The Balaban J connectivity index is 1.63. The summed E-state index contributed by atoms with van der Waals surface area (Å²) in [5.41, 5.74) is 7.21. The monoisotopic (exact) mass is 370 g/mol. The fourth-order valence-corrected chi connectivity index (χ4v) is 3.61. The lowest BCUT2D eigenvalue weighted by atomic mass is 9.92. The van der Waals surface area contributed by atoms with Crippen LogP contribution in [0.2, 0.25) is 0 Å². The SMILES string of the molecule is CCOc1ccc(-n2cnc3cc(C(C)c4ccc(CC)cc4)ccc32)cc1. The van der Waals surface area contributed by atoms with Gasteiger partial charge in [-0.15, -0.1) is 0 Å². The summed E-state index contributed by atoms with van der Waals surface area (Å²) in [7, 11) is 0. The summed E-state index contributed by atoms with van der Waals surface area (Å²) >= 11 is 0. The molecule has 0 N–H and O–H groups in total. The summed E-state index contributed by atoms with van der Waals surface area (Å²) < 4.78 is 7.66. The molecule has 28 heavy (non-hydrogen) atoms. The molecule has 0 saturated carbocycles. The summed E-state index contributed by atoms with van der Waals surface area (Å²) in [5, 5.41) is 0. The number of imidazole rings is 1. The van der Waals surface area contributed by atoms with Crippen LogP contribution < -0.4 is 4.74 Å². The lowest BCUT2D eigenvalue weighted by Crippen LogP contribution is -1.97. The van der Waals surface area contributed by atoms with Crippen LogP contribution in [0.15, 0.2) is 73.1 Å². The van der Waals surface area contributed by atoms with Crippen molar-refractivity contribution in [3.63, 3.8) is 0 Å². The largest absolute Gasteiger partial charge is 0.494 e. The van der Waals surface area contributed by atoms with Crippen LogP contribution in [-0.2, 0) is 6.42 Å². The van der Waals surface area contributed by atoms with E-state index < -0.39 is 0 Å². The zero-order valence-electron chi connectivity index (χ0n) is 16.7. The van der Waals surface area contributed by atoms with E-state index in [-0.39, 0.29) is 0 Å². The number of rotatable bonds is 6. The average molecular weight is 370 g/mol. The van der Waals surface area contributed by atoms with Gasteiger partial charge in [-0.3, -0.25) is 4.57 Å². The fourth-order valence-electron chi connectivity index (χ4n) is 3.61. The zero-order chi connectivity index (χ0) is 19.5. The third-order valence-corrected chi connectivity index (χ3v) is 5.39. The maximum absolute atomic E-state index is 5.54. The van der Waals surface area contributed by atoms with E-state index >= 15 is 0 Å². The zero-order valence-corrected chi connectivity index (χ0v) is 16.7. The molecule has 0 bridgehead atoms. The first kappa shape index (κ1) is 18.3. The summed E-state index contributed by atoms with van der Waals surface area (Å²) in [5.74, 6) is 1.23. The highest BCUT2D eigenvalue weighted by atomic mass is 16.5. The van der Waals surface area contributed by atoms with Crippen molar-refractivity contribution in [3.8, 4) is 11.4 Å². The number of hydrogen-bond donors (Lipinski definition) is 0. The number of fused-ring (bicyclic) bond motifs is 1. The summed E-state index contributed by atoms with van der Waals surface area (Å²) in [6.07, 6.45) is 2.97. The molecular weight excluding hydrogens is 344 g/mol. The number of benzene rings is 3. The first-order valence-corrected chi connectivity index (χ1v) is 9.98. The van der Waals surface area contributed by atoms with Crippen LogP contribution in [0.3, 0.4) is 0 Å². The molecule has 3 heteroatoms. The number of aromatic nitrogens is 2. The topological polar surface area (TPSA) is 27.1 Å². The van der Waals surface area contributed by atoms with E-state index in [2.05, 4.69) is 78.0 Å². The van der Waals surface area contributed by atoms with Crippen LogP contribution in [0.25, 0.3) is 16.7 Å². The van der Waals surface area contributed by atoms with Crippen molar-refractivity contribution in [2.75, 3.05) is 6.61 Å². The molecule has 1 atom stereocenters. The van der Waals surface area contributed by atoms with Crippen LogP contribution in [0.1, 0.15) is 43.4 Å². The van der Waals surface area contributed by atoms with E-state index in [1.165, 1.54) is 16.7 Å². The molecule has 0 saturated heterocycles. The normalized spacial score (nSPS) is 12.2. The van der Waals surface area contributed by atoms with E-state index in [1.807, 2.05) is 25.4 Å². The molecule has 3 nitrogen and oxygen atoms in total. The number of hydrogen-bond acceptors (Lipinski definition) is 2. The highest BCUT2D eigenvalue weighted by Crippen LogP contribution is 2.28. The summed E-state index contributed by atoms with van der Waals surface area (Å²) in [6, 6.07) is 23.7. The van der Waals surface area contributed by atoms with Gasteiger partial charge in [-0.1, -0.05) is 44.2 Å². The smallest absolute Gasteiger partial charge is 0.119 e. The Morgan fingerprint density at radius 3 is 2.29 bits per heavy atom. The van der Waals surface area contributed by atoms with E-state index in [0.29, 0.717) is 12.5 Å². The predicted octanol–water partition coefficient (Wildman–Crippen LogP) is 6.14. The Labute approximate surface area is 166 Å². The maximum Gasteiger partial charge on any atom is 0.119 e. The molecule has 0 aliphatic carbocycles. The lowest BCUT2D eigenvalue weighted by molar-refractivity contribution is 0.340. The molecule has 0 aliphatic heterocycles. The van der Waals surface area contributed by atoms with Gasteiger partial charge in [0.05, 0.1) is 17.6 Å². The number of ether oxygens (including phenoxy) is 1. The van der Waals surface area contributed by atoms with Gasteiger partial charge in [-0.2, -0.15) is 0 Å². The Hall–Kier alpha value is -3.07. The minimum absolute atomic E-state index is 0.339. The second-order valence-electron chi connectivity index (χ2n) is 7.11. The van der Waals surface area contributed by atoms with Crippen molar-refractivity contribution in [2.24, 2.45) is 0 Å². The molecular formula is C25H26N2O. The minimum atomic E-state index is 0.339. The van der Waals surface area contributed by atoms with Crippen molar-refractivity contribution in [1.29, 1.82) is 0 Å². The van der Waals surface area contributed by atoms with E-state index in [0.717, 1.165) is 28.9 Å². The molecule has 1 heterocycles. The molecule has 1 aromatic heterocycles. The van der Waals surface area contributed by atoms with Crippen LogP contribution in [0.5, 0.6) is 5.75 Å². The third kappa shape index (κ3) is 3.53. The van der Waals surface area contributed by atoms with E-state index in [9.17, 15) is 0 Å². The lowest BCUT2D eigenvalue weighted by Gasteiger charge is -2.13. The Morgan fingerprint density at radius 2 is 1.61 bits per heavy atom. The summed E-state index contributed by atoms with van der Waals surface area (Å²) in [4.78, 5) is 4.65. The molecule has 0 spiro atoms. The van der Waals surface area contributed by atoms with Crippen molar-refractivity contribution in [3.05, 3.63) is 89.7 Å². The molecule has 4 aromatic rings. The highest BCUT2D eigenvalue weighted by molar-refractivity contribution is 5.78. The molecule has 0 fully saturated rings. The van der Waals surface area contributed by atoms with Crippen LogP contribution in [0.4, 0.5) is 0 Å². The highest BCUT2D eigenvalue weighted by Gasteiger charge is 2.12. The van der Waals surface area contributed by atoms with Crippen molar-refractivity contribution >= 4 is 11.0 Å². The molecule has 3 aromatic carbocycles. The Kier molecular flexibility index (Phi) is 5.16. The van der Waals surface area contributed by atoms with E-state index in [1.54, 1.807) is 0 Å². The van der Waals surface area contributed by atoms with Gasteiger partial charge in [0.1, 0.15) is 12.1 Å². The molecule has 142 valence electrons. The maximum atomic E-state index is 5.54. The third-order valence-electron chi connectivity index (χ3n) is 5.39. The molecule has 0 radical (unpaired) electrons. The minimum Gasteiger partial charge on any atom is -0.494 e. The van der Waals surface area contributed by atoms with Gasteiger partial charge in [-0.25, -0.2) is 4.98 Å². The molecule has 1 unspecified atom stereocenters. The van der Waals surface area contributed by atoms with Gasteiger partial charge in [0.2, 0.25) is 0 Å². The second-order valence-corrected chi connectivity index (χ2v) is 7.11. The quantitative estimate of drug-likeness (QED) is 0.408. The Morgan fingerprint density at radius 1 is 0.893 bits per heavy atom. The van der Waals surface area contributed by atoms with Gasteiger partial charge < -0.3 is 4.74 Å². The first-order valence-electron chi connectivity index (χ1n) is 9.98. The van der Waals surface area contributed by atoms with Crippen molar-refractivity contribution in [1.82, 2.24) is 9.55 Å².